The minimum Gasteiger partial charge on any atom is -0.340 e. The highest BCUT2D eigenvalue weighted by molar-refractivity contribution is 7.98. The van der Waals surface area contributed by atoms with Gasteiger partial charge in [0, 0.05) is 37.4 Å². The van der Waals surface area contributed by atoms with Gasteiger partial charge in [-0.15, -0.1) is 0 Å². The second kappa shape index (κ2) is 13.1. The molecule has 182 valence electrons. The Morgan fingerprint density at radius 3 is 2.44 bits per heavy atom. The summed E-state index contributed by atoms with van der Waals surface area (Å²) in [5, 5.41) is 5.68. The summed E-state index contributed by atoms with van der Waals surface area (Å²) in [5.74, 6) is -0.120. The third kappa shape index (κ3) is 7.85. The van der Waals surface area contributed by atoms with Crippen molar-refractivity contribution in [2.24, 2.45) is 0 Å². The number of benzene rings is 2. The number of amides is 3. The first-order valence-corrected chi connectivity index (χ1v) is 12.8. The van der Waals surface area contributed by atoms with Gasteiger partial charge in [-0.1, -0.05) is 18.2 Å². The largest absolute Gasteiger partial charge is 0.340 e. The van der Waals surface area contributed by atoms with E-state index < -0.39 is 6.04 Å². The van der Waals surface area contributed by atoms with E-state index in [1.54, 1.807) is 40.9 Å². The number of nitrogens with one attached hydrogen (secondary N) is 2. The van der Waals surface area contributed by atoms with Crippen LogP contribution in [-0.2, 0) is 9.59 Å². The zero-order valence-corrected chi connectivity index (χ0v) is 20.2. The number of halogens is 1. The number of hydrogen-bond donors (Lipinski definition) is 2. The molecule has 0 spiro atoms. The van der Waals surface area contributed by atoms with Crippen molar-refractivity contribution in [3.63, 3.8) is 0 Å². The molecule has 2 N–H and O–H groups in total. The topological polar surface area (TPSA) is 81.8 Å². The molecule has 0 saturated carbocycles. The Labute approximate surface area is 204 Å². The molecule has 3 amide bonds. The number of anilines is 1. The van der Waals surface area contributed by atoms with Gasteiger partial charge in [-0.25, -0.2) is 4.39 Å². The molecule has 1 atom stereocenters. The SMILES string of the molecule is CSCCC(NC(=O)c1ccccc1)C(=O)N1CCCN(CC(=O)Nc2ccc(F)cc2)CC1. The Morgan fingerprint density at radius 1 is 1.00 bits per heavy atom. The Balaban J connectivity index is 1.54. The Hall–Kier alpha value is -2.91. The molecule has 0 aliphatic carbocycles. The normalized spacial score (nSPS) is 15.3. The molecule has 3 rings (SSSR count). The van der Waals surface area contributed by atoms with Crippen LogP contribution in [0.4, 0.5) is 10.1 Å². The molecule has 0 aromatic heterocycles. The van der Waals surface area contributed by atoms with Gasteiger partial charge in [0.25, 0.3) is 5.91 Å². The molecule has 2 aromatic rings. The van der Waals surface area contributed by atoms with Gasteiger partial charge < -0.3 is 15.5 Å². The fourth-order valence-electron chi connectivity index (χ4n) is 3.83. The first kappa shape index (κ1) is 25.7. The molecule has 2 aromatic carbocycles. The summed E-state index contributed by atoms with van der Waals surface area (Å²) in [7, 11) is 0. The summed E-state index contributed by atoms with van der Waals surface area (Å²) in [5.41, 5.74) is 1.07. The van der Waals surface area contributed by atoms with Crippen LogP contribution in [-0.4, -0.2) is 78.3 Å². The lowest BCUT2D eigenvalue weighted by atomic mass is 10.1. The van der Waals surface area contributed by atoms with E-state index in [9.17, 15) is 18.8 Å². The molecule has 1 fully saturated rings. The summed E-state index contributed by atoms with van der Waals surface area (Å²) in [4.78, 5) is 42.1. The van der Waals surface area contributed by atoms with E-state index in [0.29, 0.717) is 43.9 Å². The van der Waals surface area contributed by atoms with Crippen LogP contribution in [0.3, 0.4) is 0 Å². The summed E-state index contributed by atoms with van der Waals surface area (Å²) in [6.45, 7) is 2.50. The fraction of sp³-hybridized carbons (Fsp3) is 0.400. The molecule has 1 aliphatic heterocycles. The first-order valence-electron chi connectivity index (χ1n) is 11.4. The van der Waals surface area contributed by atoms with Crippen LogP contribution in [0, 0.1) is 5.82 Å². The van der Waals surface area contributed by atoms with E-state index in [1.807, 2.05) is 17.2 Å². The maximum Gasteiger partial charge on any atom is 0.251 e. The number of hydrogen-bond acceptors (Lipinski definition) is 5. The molecule has 1 unspecified atom stereocenters. The van der Waals surface area contributed by atoms with E-state index in [4.69, 9.17) is 0 Å². The highest BCUT2D eigenvalue weighted by Crippen LogP contribution is 2.12. The van der Waals surface area contributed by atoms with Gasteiger partial charge in [-0.3, -0.25) is 19.3 Å². The molecular formula is C25H31FN4O3S. The highest BCUT2D eigenvalue weighted by Gasteiger charge is 2.28. The minimum absolute atomic E-state index is 0.0871. The number of nitrogens with zero attached hydrogens (tertiary/aromatic N) is 2. The van der Waals surface area contributed by atoms with Crippen molar-refractivity contribution in [1.82, 2.24) is 15.1 Å². The molecule has 0 bridgehead atoms. The Bertz CT molecular complexity index is 958. The van der Waals surface area contributed by atoms with E-state index in [2.05, 4.69) is 10.6 Å². The molecule has 1 heterocycles. The van der Waals surface area contributed by atoms with Gasteiger partial charge in [-0.2, -0.15) is 11.8 Å². The lowest BCUT2D eigenvalue weighted by Gasteiger charge is -2.27. The van der Waals surface area contributed by atoms with Crippen LogP contribution in [0.2, 0.25) is 0 Å². The average Bonchev–Trinajstić information content (AvgIpc) is 3.08. The van der Waals surface area contributed by atoms with Gasteiger partial charge in [0.2, 0.25) is 11.8 Å². The standard InChI is InChI=1S/C25H31FN4O3S/c1-34-17-12-22(28-24(32)19-6-3-2-4-7-19)25(33)30-14-5-13-29(15-16-30)18-23(31)27-21-10-8-20(26)9-11-21/h2-4,6-11,22H,5,12-18H2,1H3,(H,27,31)(H,28,32). The van der Waals surface area contributed by atoms with Crippen molar-refractivity contribution in [1.29, 1.82) is 0 Å². The summed E-state index contributed by atoms with van der Waals surface area (Å²) in [6.07, 6.45) is 3.26. The minimum atomic E-state index is -0.589. The lowest BCUT2D eigenvalue weighted by Crippen LogP contribution is -2.50. The quantitative estimate of drug-likeness (QED) is 0.570. The van der Waals surface area contributed by atoms with Crippen LogP contribution in [0.15, 0.2) is 54.6 Å². The van der Waals surface area contributed by atoms with Crippen molar-refractivity contribution < 1.29 is 18.8 Å². The van der Waals surface area contributed by atoms with Crippen LogP contribution >= 0.6 is 11.8 Å². The first-order chi connectivity index (χ1) is 16.5. The number of carbonyl (C=O) groups excluding carboxylic acids is 3. The van der Waals surface area contributed by atoms with Crippen molar-refractivity contribution in [2.45, 2.75) is 18.9 Å². The molecule has 0 radical (unpaired) electrons. The summed E-state index contributed by atoms with van der Waals surface area (Å²) in [6, 6.07) is 13.9. The van der Waals surface area contributed by atoms with Gasteiger partial charge >= 0.3 is 0 Å². The third-order valence-corrected chi connectivity index (χ3v) is 6.29. The van der Waals surface area contributed by atoms with Crippen LogP contribution in [0.5, 0.6) is 0 Å². The molecular weight excluding hydrogens is 455 g/mol. The van der Waals surface area contributed by atoms with E-state index in [0.717, 1.165) is 12.2 Å². The fourth-order valence-corrected chi connectivity index (χ4v) is 4.30. The zero-order chi connectivity index (χ0) is 24.3. The van der Waals surface area contributed by atoms with Crippen molar-refractivity contribution in [2.75, 3.05) is 50.0 Å². The zero-order valence-electron chi connectivity index (χ0n) is 19.3. The predicted molar refractivity (Wildman–Crippen MR) is 133 cm³/mol. The summed E-state index contributed by atoms with van der Waals surface area (Å²) >= 11 is 1.63. The van der Waals surface area contributed by atoms with Crippen molar-refractivity contribution in [3.05, 3.63) is 66.0 Å². The highest BCUT2D eigenvalue weighted by atomic mass is 32.2. The van der Waals surface area contributed by atoms with Gasteiger partial charge in [-0.05, 0) is 61.2 Å². The third-order valence-electron chi connectivity index (χ3n) is 5.65. The number of rotatable bonds is 9. The number of carbonyl (C=O) groups is 3. The van der Waals surface area contributed by atoms with Crippen LogP contribution in [0.25, 0.3) is 0 Å². The smallest absolute Gasteiger partial charge is 0.251 e. The van der Waals surface area contributed by atoms with Crippen LogP contribution in [0.1, 0.15) is 23.2 Å². The molecule has 9 heteroatoms. The molecule has 34 heavy (non-hydrogen) atoms. The molecule has 1 aliphatic rings. The van der Waals surface area contributed by atoms with Gasteiger partial charge in [0.15, 0.2) is 0 Å². The number of thioether (sulfide) groups is 1. The summed E-state index contributed by atoms with van der Waals surface area (Å²) < 4.78 is 13.0. The van der Waals surface area contributed by atoms with Crippen LogP contribution < -0.4 is 10.6 Å². The molecule has 7 nitrogen and oxygen atoms in total. The van der Waals surface area contributed by atoms with E-state index >= 15 is 0 Å². The maximum atomic E-state index is 13.3. The van der Waals surface area contributed by atoms with Crippen molar-refractivity contribution >= 4 is 35.2 Å². The average molecular weight is 487 g/mol. The Kier molecular flexibility index (Phi) is 9.90. The van der Waals surface area contributed by atoms with E-state index in [1.165, 1.54) is 24.3 Å². The maximum absolute atomic E-state index is 13.3. The second-order valence-electron chi connectivity index (χ2n) is 8.18. The van der Waals surface area contributed by atoms with Gasteiger partial charge in [0.1, 0.15) is 11.9 Å². The van der Waals surface area contributed by atoms with Gasteiger partial charge in [0.05, 0.1) is 6.54 Å². The van der Waals surface area contributed by atoms with Crippen molar-refractivity contribution in [3.8, 4) is 0 Å². The Morgan fingerprint density at radius 2 is 1.74 bits per heavy atom. The monoisotopic (exact) mass is 486 g/mol. The molecule has 1 saturated heterocycles. The predicted octanol–water partition coefficient (Wildman–Crippen LogP) is 2.85. The van der Waals surface area contributed by atoms with E-state index in [-0.39, 0.29) is 30.1 Å². The lowest BCUT2D eigenvalue weighted by molar-refractivity contribution is -0.133. The second-order valence-corrected chi connectivity index (χ2v) is 9.17.